The van der Waals surface area contributed by atoms with Crippen molar-refractivity contribution in [2.45, 2.75) is 20.4 Å². The molecule has 5 heteroatoms. The third-order valence-electron chi connectivity index (χ3n) is 5.42. The number of carbonyl (C=O) groups excluding carboxylic acids is 2. The second-order valence-corrected chi connectivity index (χ2v) is 7.51. The third-order valence-corrected chi connectivity index (χ3v) is 5.42. The van der Waals surface area contributed by atoms with E-state index in [0.717, 1.165) is 22.2 Å². The fraction of sp³-hybridized carbons (Fsp3) is 0.185. The zero-order valence-corrected chi connectivity index (χ0v) is 18.2. The maximum Gasteiger partial charge on any atom is 0.340 e. The maximum atomic E-state index is 12.8. The molecule has 3 aromatic carbocycles. The molecule has 0 saturated carbocycles. The van der Waals surface area contributed by atoms with Crippen LogP contribution >= 0.6 is 0 Å². The Hall–Kier alpha value is -3.86. The SMILES string of the molecule is CCOC(=O)c1c(C)n(Cc2ccccc2)c2ccc(OCC(=O)c3ccccc3)cc12. The van der Waals surface area contributed by atoms with Crippen molar-refractivity contribution >= 4 is 22.7 Å². The highest BCUT2D eigenvalue weighted by atomic mass is 16.5. The van der Waals surface area contributed by atoms with Crippen LogP contribution in [0, 0.1) is 6.92 Å². The van der Waals surface area contributed by atoms with Crippen molar-refractivity contribution in [1.82, 2.24) is 4.57 Å². The molecule has 0 radical (unpaired) electrons. The molecule has 0 saturated heterocycles. The first-order valence-electron chi connectivity index (χ1n) is 10.6. The number of hydrogen-bond acceptors (Lipinski definition) is 4. The lowest BCUT2D eigenvalue weighted by molar-refractivity contribution is 0.0527. The van der Waals surface area contributed by atoms with Crippen molar-refractivity contribution in [2.75, 3.05) is 13.2 Å². The van der Waals surface area contributed by atoms with Crippen LogP contribution in [0.3, 0.4) is 0 Å². The third kappa shape index (κ3) is 4.42. The Morgan fingerprint density at radius 2 is 1.59 bits per heavy atom. The summed E-state index contributed by atoms with van der Waals surface area (Å²) in [6, 6.07) is 24.7. The summed E-state index contributed by atoms with van der Waals surface area (Å²) in [5.74, 6) is 0.0673. The van der Waals surface area contributed by atoms with Crippen LogP contribution < -0.4 is 4.74 Å². The summed E-state index contributed by atoms with van der Waals surface area (Å²) < 4.78 is 13.2. The summed E-state index contributed by atoms with van der Waals surface area (Å²) in [6.45, 7) is 4.57. The first-order chi connectivity index (χ1) is 15.6. The number of benzene rings is 3. The van der Waals surface area contributed by atoms with Gasteiger partial charge in [0.25, 0.3) is 0 Å². The number of rotatable bonds is 8. The number of hydrogen-bond donors (Lipinski definition) is 0. The Labute approximate surface area is 187 Å². The number of fused-ring (bicyclic) bond motifs is 1. The van der Waals surface area contributed by atoms with Gasteiger partial charge in [-0.3, -0.25) is 4.79 Å². The van der Waals surface area contributed by atoms with Gasteiger partial charge in [0.05, 0.1) is 12.2 Å². The lowest BCUT2D eigenvalue weighted by Crippen LogP contribution is -2.11. The van der Waals surface area contributed by atoms with Crippen molar-refractivity contribution in [1.29, 1.82) is 0 Å². The normalized spacial score (nSPS) is 10.8. The van der Waals surface area contributed by atoms with E-state index in [0.29, 0.717) is 30.0 Å². The van der Waals surface area contributed by atoms with E-state index < -0.39 is 0 Å². The molecule has 4 rings (SSSR count). The number of ketones is 1. The van der Waals surface area contributed by atoms with E-state index in [1.165, 1.54) is 0 Å². The minimum Gasteiger partial charge on any atom is -0.485 e. The molecule has 0 fully saturated rings. The molecule has 1 heterocycles. The molecule has 0 aliphatic carbocycles. The molecule has 0 amide bonds. The molecule has 0 aliphatic rings. The second-order valence-electron chi connectivity index (χ2n) is 7.51. The summed E-state index contributed by atoms with van der Waals surface area (Å²) in [6.07, 6.45) is 0. The van der Waals surface area contributed by atoms with Crippen molar-refractivity contribution in [3.05, 3.63) is 101 Å². The average Bonchev–Trinajstić information content (AvgIpc) is 3.09. The highest BCUT2D eigenvalue weighted by Gasteiger charge is 2.22. The molecular weight excluding hydrogens is 402 g/mol. The highest BCUT2D eigenvalue weighted by molar-refractivity contribution is 6.06. The van der Waals surface area contributed by atoms with Gasteiger partial charge in [-0.1, -0.05) is 60.7 Å². The highest BCUT2D eigenvalue weighted by Crippen LogP contribution is 2.31. The minimum atomic E-state index is -0.362. The molecule has 0 bridgehead atoms. The first kappa shape index (κ1) is 21.4. The molecule has 162 valence electrons. The van der Waals surface area contributed by atoms with Crippen molar-refractivity contribution in [3.63, 3.8) is 0 Å². The van der Waals surface area contributed by atoms with Gasteiger partial charge in [0, 0.05) is 28.7 Å². The van der Waals surface area contributed by atoms with E-state index in [-0.39, 0.29) is 18.4 Å². The standard InChI is InChI=1S/C27H25NO4/c1-3-31-27(30)26-19(2)28(17-20-10-6-4-7-11-20)24-15-14-22(16-23(24)26)32-18-25(29)21-12-8-5-9-13-21/h4-16H,3,17-18H2,1-2H3. The van der Waals surface area contributed by atoms with Crippen LogP contribution in [0.15, 0.2) is 78.9 Å². The molecule has 1 aromatic heterocycles. The van der Waals surface area contributed by atoms with Gasteiger partial charge in [-0.2, -0.15) is 0 Å². The van der Waals surface area contributed by atoms with Gasteiger partial charge in [0.2, 0.25) is 0 Å². The van der Waals surface area contributed by atoms with Crippen LogP contribution in [0.1, 0.15) is 38.9 Å². The van der Waals surface area contributed by atoms with Gasteiger partial charge in [0.1, 0.15) is 5.75 Å². The molecule has 5 nitrogen and oxygen atoms in total. The predicted octanol–water partition coefficient (Wildman–Crippen LogP) is 5.44. The summed E-state index contributed by atoms with van der Waals surface area (Å²) in [7, 11) is 0. The number of ether oxygens (including phenoxy) is 2. The lowest BCUT2D eigenvalue weighted by atomic mass is 10.1. The largest absolute Gasteiger partial charge is 0.485 e. The number of esters is 1. The Morgan fingerprint density at radius 3 is 2.28 bits per heavy atom. The summed E-state index contributed by atoms with van der Waals surface area (Å²) >= 11 is 0. The average molecular weight is 428 g/mol. The van der Waals surface area contributed by atoms with Crippen LogP contribution in [0.2, 0.25) is 0 Å². The molecule has 0 atom stereocenters. The number of Topliss-reactive ketones (excluding diaryl/α,β-unsaturated/α-hetero) is 1. The van der Waals surface area contributed by atoms with Crippen molar-refractivity contribution in [3.8, 4) is 5.75 Å². The number of carbonyl (C=O) groups is 2. The number of nitrogens with zero attached hydrogens (tertiary/aromatic N) is 1. The van der Waals surface area contributed by atoms with Crippen LogP contribution in [-0.2, 0) is 11.3 Å². The molecule has 0 N–H and O–H groups in total. The Morgan fingerprint density at radius 1 is 0.906 bits per heavy atom. The number of aromatic nitrogens is 1. The zero-order valence-electron chi connectivity index (χ0n) is 18.2. The molecule has 4 aromatic rings. The van der Waals surface area contributed by atoms with E-state index in [4.69, 9.17) is 9.47 Å². The van der Waals surface area contributed by atoms with Gasteiger partial charge in [-0.05, 0) is 37.6 Å². The topological polar surface area (TPSA) is 57.5 Å². The van der Waals surface area contributed by atoms with E-state index in [2.05, 4.69) is 16.7 Å². The van der Waals surface area contributed by atoms with E-state index >= 15 is 0 Å². The molecule has 0 spiro atoms. The summed E-state index contributed by atoms with van der Waals surface area (Å²) in [5, 5.41) is 0.751. The van der Waals surface area contributed by atoms with Crippen molar-refractivity contribution in [2.24, 2.45) is 0 Å². The quantitative estimate of drug-likeness (QED) is 0.278. The van der Waals surface area contributed by atoms with Crippen molar-refractivity contribution < 1.29 is 19.1 Å². The van der Waals surface area contributed by atoms with Gasteiger partial charge in [0.15, 0.2) is 12.4 Å². The maximum absolute atomic E-state index is 12.8. The molecule has 0 aliphatic heterocycles. The monoisotopic (exact) mass is 427 g/mol. The van der Waals surface area contributed by atoms with Gasteiger partial charge < -0.3 is 14.0 Å². The van der Waals surface area contributed by atoms with E-state index in [9.17, 15) is 9.59 Å². The van der Waals surface area contributed by atoms with Crippen LogP contribution in [-0.4, -0.2) is 29.5 Å². The molecular formula is C27H25NO4. The Balaban J connectivity index is 1.68. The summed E-state index contributed by atoms with van der Waals surface area (Å²) in [4.78, 5) is 25.2. The van der Waals surface area contributed by atoms with Gasteiger partial charge >= 0.3 is 5.97 Å². The Kier molecular flexibility index (Phi) is 6.36. The van der Waals surface area contributed by atoms with Crippen LogP contribution in [0.25, 0.3) is 10.9 Å². The lowest BCUT2D eigenvalue weighted by Gasteiger charge is -2.09. The molecule has 0 unspecified atom stereocenters. The minimum absolute atomic E-state index is 0.0754. The second kappa shape index (κ2) is 9.52. The zero-order chi connectivity index (χ0) is 22.5. The summed E-state index contributed by atoms with van der Waals surface area (Å²) in [5.41, 5.74) is 4.01. The van der Waals surface area contributed by atoms with E-state index in [1.54, 1.807) is 19.1 Å². The van der Waals surface area contributed by atoms with E-state index in [1.807, 2.05) is 61.5 Å². The van der Waals surface area contributed by atoms with Gasteiger partial charge in [-0.25, -0.2) is 4.79 Å². The van der Waals surface area contributed by atoms with Crippen LogP contribution in [0.4, 0.5) is 0 Å². The predicted molar refractivity (Wildman–Crippen MR) is 124 cm³/mol. The smallest absolute Gasteiger partial charge is 0.340 e. The Bertz CT molecular complexity index is 1240. The fourth-order valence-electron chi connectivity index (χ4n) is 3.84. The van der Waals surface area contributed by atoms with Gasteiger partial charge in [-0.15, -0.1) is 0 Å². The fourth-order valence-corrected chi connectivity index (χ4v) is 3.84. The molecule has 32 heavy (non-hydrogen) atoms. The van der Waals surface area contributed by atoms with Crippen LogP contribution in [0.5, 0.6) is 5.75 Å². The first-order valence-corrected chi connectivity index (χ1v) is 10.6.